The minimum atomic E-state index is 0.700. The van der Waals surface area contributed by atoms with Crippen LogP contribution in [0.4, 0.5) is 5.69 Å². The summed E-state index contributed by atoms with van der Waals surface area (Å²) in [6, 6.07) is 11.4. The first-order valence-corrected chi connectivity index (χ1v) is 5.70. The van der Waals surface area contributed by atoms with Crippen molar-refractivity contribution in [2.45, 2.75) is 12.8 Å². The molecule has 0 amide bonds. The number of carbonyl (C=O) groups excluding carboxylic acids is 1. The van der Waals surface area contributed by atoms with Crippen LogP contribution in [0.2, 0.25) is 0 Å². The van der Waals surface area contributed by atoms with Crippen molar-refractivity contribution in [3.05, 3.63) is 54.0 Å². The first kappa shape index (κ1) is 11.5. The van der Waals surface area contributed by atoms with Crippen LogP contribution in [0.25, 0.3) is 0 Å². The van der Waals surface area contributed by atoms with Crippen molar-refractivity contribution in [3.63, 3.8) is 0 Å². The lowest BCUT2D eigenvalue weighted by Gasteiger charge is -2.07. The zero-order valence-corrected chi connectivity index (χ0v) is 9.56. The molecule has 0 aliphatic heterocycles. The first-order valence-electron chi connectivity index (χ1n) is 5.70. The van der Waals surface area contributed by atoms with Crippen molar-refractivity contribution in [2.24, 2.45) is 0 Å². The second kappa shape index (κ2) is 5.89. The Morgan fingerprint density at radius 3 is 2.82 bits per heavy atom. The fourth-order valence-corrected chi connectivity index (χ4v) is 1.70. The molecular weight excluding hydrogens is 214 g/mol. The molecule has 2 aromatic rings. The normalized spacial score (nSPS) is 10.1. The number of anilines is 1. The molecule has 3 heteroatoms. The summed E-state index contributed by atoms with van der Waals surface area (Å²) in [7, 11) is 0. The van der Waals surface area contributed by atoms with Gasteiger partial charge in [-0.05, 0) is 30.7 Å². The van der Waals surface area contributed by atoms with Gasteiger partial charge in [-0.15, -0.1) is 0 Å². The van der Waals surface area contributed by atoms with Crippen molar-refractivity contribution in [2.75, 3.05) is 11.9 Å². The van der Waals surface area contributed by atoms with Gasteiger partial charge in [-0.1, -0.05) is 12.1 Å². The monoisotopic (exact) mass is 229 g/mol. The molecule has 1 heterocycles. The van der Waals surface area contributed by atoms with Gasteiger partial charge in [-0.2, -0.15) is 0 Å². The smallest absolute Gasteiger partial charge is 0.152 e. The molecule has 88 valence electrons. The molecule has 0 radical (unpaired) electrons. The molecule has 1 aromatic heterocycles. The van der Waals surface area contributed by atoms with Crippen molar-refractivity contribution < 1.29 is 9.21 Å². The molecule has 0 unspecified atom stereocenters. The number of rotatable bonds is 6. The molecule has 2 rings (SSSR count). The van der Waals surface area contributed by atoms with Crippen LogP contribution in [0.15, 0.2) is 47.1 Å². The van der Waals surface area contributed by atoms with Crippen LogP contribution in [-0.4, -0.2) is 12.8 Å². The van der Waals surface area contributed by atoms with Gasteiger partial charge in [0.05, 0.1) is 6.26 Å². The highest BCUT2D eigenvalue weighted by atomic mass is 16.3. The summed E-state index contributed by atoms with van der Waals surface area (Å²) in [5, 5.41) is 3.25. The van der Waals surface area contributed by atoms with Crippen LogP contribution in [0, 0.1) is 0 Å². The molecule has 1 N–H and O–H groups in total. The predicted octanol–water partition coefficient (Wildman–Crippen LogP) is 3.14. The van der Waals surface area contributed by atoms with Gasteiger partial charge < -0.3 is 9.73 Å². The summed E-state index contributed by atoms with van der Waals surface area (Å²) in [6.07, 6.45) is 4.43. The third-order valence-electron chi connectivity index (χ3n) is 2.58. The Balaban J connectivity index is 1.80. The highest BCUT2D eigenvalue weighted by molar-refractivity contribution is 5.83. The maximum atomic E-state index is 10.8. The van der Waals surface area contributed by atoms with Gasteiger partial charge in [0.1, 0.15) is 5.76 Å². The number of para-hydroxylation sites is 1. The Morgan fingerprint density at radius 1 is 1.18 bits per heavy atom. The largest absolute Gasteiger partial charge is 0.469 e. The molecule has 0 aliphatic rings. The SMILES string of the molecule is O=Cc1ccccc1NCCCc1ccco1. The number of benzene rings is 1. The van der Waals surface area contributed by atoms with E-state index >= 15 is 0 Å². The molecule has 0 bridgehead atoms. The maximum Gasteiger partial charge on any atom is 0.152 e. The molecular formula is C14H15NO2. The number of furan rings is 1. The second-order valence-electron chi connectivity index (χ2n) is 3.81. The van der Waals surface area contributed by atoms with Crippen LogP contribution in [0.1, 0.15) is 22.5 Å². The molecule has 0 fully saturated rings. The summed E-state index contributed by atoms with van der Waals surface area (Å²) in [5.41, 5.74) is 1.59. The Kier molecular flexibility index (Phi) is 3.97. The van der Waals surface area contributed by atoms with Gasteiger partial charge in [-0.3, -0.25) is 4.79 Å². The van der Waals surface area contributed by atoms with Crippen LogP contribution in [-0.2, 0) is 6.42 Å². The number of aldehydes is 1. The van der Waals surface area contributed by atoms with Crippen molar-refractivity contribution >= 4 is 12.0 Å². The molecule has 0 aliphatic carbocycles. The lowest BCUT2D eigenvalue weighted by Crippen LogP contribution is -2.04. The van der Waals surface area contributed by atoms with E-state index in [1.54, 1.807) is 6.26 Å². The number of nitrogens with one attached hydrogen (secondary N) is 1. The summed E-state index contributed by atoms with van der Waals surface area (Å²) < 4.78 is 5.25. The molecule has 0 saturated heterocycles. The van der Waals surface area contributed by atoms with E-state index < -0.39 is 0 Å². The number of hydrogen-bond acceptors (Lipinski definition) is 3. The lowest BCUT2D eigenvalue weighted by molar-refractivity contribution is 0.112. The molecule has 0 saturated carbocycles. The van der Waals surface area contributed by atoms with Crippen LogP contribution in [0.3, 0.4) is 0 Å². The predicted molar refractivity (Wildman–Crippen MR) is 67.3 cm³/mol. The van der Waals surface area contributed by atoms with E-state index in [9.17, 15) is 4.79 Å². The second-order valence-corrected chi connectivity index (χ2v) is 3.81. The Morgan fingerprint density at radius 2 is 2.06 bits per heavy atom. The highest BCUT2D eigenvalue weighted by Gasteiger charge is 1.99. The average molecular weight is 229 g/mol. The molecule has 0 atom stereocenters. The zero-order valence-electron chi connectivity index (χ0n) is 9.56. The lowest BCUT2D eigenvalue weighted by atomic mass is 10.2. The third kappa shape index (κ3) is 3.21. The van der Waals surface area contributed by atoms with Gasteiger partial charge in [0.15, 0.2) is 6.29 Å². The van der Waals surface area contributed by atoms with E-state index in [1.807, 2.05) is 36.4 Å². The summed E-state index contributed by atoms with van der Waals surface area (Å²) in [4.78, 5) is 10.8. The third-order valence-corrected chi connectivity index (χ3v) is 2.58. The first-order chi connectivity index (χ1) is 8.40. The minimum absolute atomic E-state index is 0.700. The molecule has 0 spiro atoms. The van der Waals surface area contributed by atoms with E-state index in [4.69, 9.17) is 4.42 Å². The Hall–Kier alpha value is -2.03. The van der Waals surface area contributed by atoms with E-state index in [0.29, 0.717) is 5.56 Å². The number of aryl methyl sites for hydroxylation is 1. The van der Waals surface area contributed by atoms with Crippen molar-refractivity contribution in [1.82, 2.24) is 0 Å². The van der Waals surface area contributed by atoms with Gasteiger partial charge in [0.2, 0.25) is 0 Å². The average Bonchev–Trinajstić information content (AvgIpc) is 2.88. The van der Waals surface area contributed by atoms with Gasteiger partial charge in [0, 0.05) is 24.2 Å². The molecule has 3 nitrogen and oxygen atoms in total. The van der Waals surface area contributed by atoms with E-state index in [1.165, 1.54) is 0 Å². The van der Waals surface area contributed by atoms with Gasteiger partial charge in [0.25, 0.3) is 0 Å². The Labute approximate surface area is 100 Å². The van der Waals surface area contributed by atoms with Crippen LogP contribution < -0.4 is 5.32 Å². The Bertz CT molecular complexity index is 463. The van der Waals surface area contributed by atoms with Crippen molar-refractivity contribution in [1.29, 1.82) is 0 Å². The molecule has 1 aromatic carbocycles. The zero-order chi connectivity index (χ0) is 11.9. The summed E-state index contributed by atoms with van der Waals surface area (Å²) >= 11 is 0. The van der Waals surface area contributed by atoms with Gasteiger partial charge in [-0.25, -0.2) is 0 Å². The van der Waals surface area contributed by atoms with Crippen LogP contribution in [0.5, 0.6) is 0 Å². The number of hydrogen-bond donors (Lipinski definition) is 1. The quantitative estimate of drug-likeness (QED) is 0.611. The fourth-order valence-electron chi connectivity index (χ4n) is 1.70. The topological polar surface area (TPSA) is 42.2 Å². The summed E-state index contributed by atoms with van der Waals surface area (Å²) in [6.45, 7) is 0.825. The fraction of sp³-hybridized carbons (Fsp3) is 0.214. The van der Waals surface area contributed by atoms with E-state index in [2.05, 4.69) is 5.32 Å². The van der Waals surface area contributed by atoms with E-state index in [-0.39, 0.29) is 0 Å². The minimum Gasteiger partial charge on any atom is -0.469 e. The van der Waals surface area contributed by atoms with Gasteiger partial charge >= 0.3 is 0 Å². The molecule has 17 heavy (non-hydrogen) atoms. The van der Waals surface area contributed by atoms with Crippen LogP contribution >= 0.6 is 0 Å². The maximum absolute atomic E-state index is 10.8. The van der Waals surface area contributed by atoms with E-state index in [0.717, 1.165) is 37.1 Å². The summed E-state index contributed by atoms with van der Waals surface area (Å²) in [5.74, 6) is 0.996. The standard InChI is InChI=1S/C14H15NO2/c16-11-12-5-1-2-8-14(12)15-9-3-6-13-7-4-10-17-13/h1-2,4-5,7-8,10-11,15H,3,6,9H2. The van der Waals surface area contributed by atoms with Crippen molar-refractivity contribution in [3.8, 4) is 0 Å². The number of carbonyl (C=O) groups is 1. The highest BCUT2D eigenvalue weighted by Crippen LogP contribution is 2.12.